The molecule has 7 heteroatoms. The second-order valence-corrected chi connectivity index (χ2v) is 5.77. The van der Waals surface area contributed by atoms with Gasteiger partial charge in [0.1, 0.15) is 11.6 Å². The molecule has 1 heterocycles. The SMILES string of the molecule is COc1cccc(NC(=S)Nc2cnn(Cc3ccc(F)cc3)c2)c1. The fourth-order valence-electron chi connectivity index (χ4n) is 2.29. The Morgan fingerprint density at radius 2 is 1.92 bits per heavy atom. The summed E-state index contributed by atoms with van der Waals surface area (Å²) in [6.07, 6.45) is 3.52. The molecule has 0 fully saturated rings. The molecule has 2 N–H and O–H groups in total. The van der Waals surface area contributed by atoms with Crippen LogP contribution in [0.3, 0.4) is 0 Å². The maximum atomic E-state index is 12.9. The monoisotopic (exact) mass is 356 g/mol. The lowest BCUT2D eigenvalue weighted by Gasteiger charge is -2.10. The third-order valence-corrected chi connectivity index (χ3v) is 3.68. The predicted molar refractivity (Wildman–Crippen MR) is 101 cm³/mol. The minimum Gasteiger partial charge on any atom is -0.497 e. The largest absolute Gasteiger partial charge is 0.497 e. The summed E-state index contributed by atoms with van der Waals surface area (Å²) in [4.78, 5) is 0. The zero-order valence-electron chi connectivity index (χ0n) is 13.6. The summed E-state index contributed by atoms with van der Waals surface area (Å²) in [5.74, 6) is 0.500. The number of hydrogen-bond donors (Lipinski definition) is 2. The number of aromatic nitrogens is 2. The van der Waals surface area contributed by atoms with Crippen LogP contribution in [0.15, 0.2) is 60.9 Å². The number of hydrogen-bond acceptors (Lipinski definition) is 3. The summed E-state index contributed by atoms with van der Waals surface area (Å²) in [5.41, 5.74) is 2.56. The van der Waals surface area contributed by atoms with Crippen LogP contribution < -0.4 is 15.4 Å². The Balaban J connectivity index is 1.58. The van der Waals surface area contributed by atoms with Gasteiger partial charge in [0.25, 0.3) is 0 Å². The van der Waals surface area contributed by atoms with E-state index in [4.69, 9.17) is 17.0 Å². The molecule has 0 atom stereocenters. The second-order valence-electron chi connectivity index (χ2n) is 5.36. The molecule has 2 aromatic carbocycles. The third-order valence-electron chi connectivity index (χ3n) is 3.48. The minimum absolute atomic E-state index is 0.250. The van der Waals surface area contributed by atoms with Crippen molar-refractivity contribution in [3.63, 3.8) is 0 Å². The van der Waals surface area contributed by atoms with E-state index in [1.807, 2.05) is 30.5 Å². The van der Waals surface area contributed by atoms with Crippen molar-refractivity contribution in [1.82, 2.24) is 9.78 Å². The van der Waals surface area contributed by atoms with Gasteiger partial charge < -0.3 is 15.4 Å². The van der Waals surface area contributed by atoms with Crippen LogP contribution in [0, 0.1) is 5.82 Å². The van der Waals surface area contributed by atoms with Gasteiger partial charge in [-0.2, -0.15) is 5.10 Å². The Morgan fingerprint density at radius 3 is 2.68 bits per heavy atom. The van der Waals surface area contributed by atoms with E-state index in [-0.39, 0.29) is 5.82 Å². The lowest BCUT2D eigenvalue weighted by molar-refractivity contribution is 0.415. The highest BCUT2D eigenvalue weighted by atomic mass is 32.1. The molecule has 0 saturated heterocycles. The first-order valence-electron chi connectivity index (χ1n) is 7.61. The Kier molecular flexibility index (Phi) is 5.25. The van der Waals surface area contributed by atoms with Gasteiger partial charge in [0, 0.05) is 18.0 Å². The Hall–Kier alpha value is -2.93. The van der Waals surface area contributed by atoms with Gasteiger partial charge in [-0.15, -0.1) is 0 Å². The summed E-state index contributed by atoms with van der Waals surface area (Å²) in [6.45, 7) is 0.554. The maximum absolute atomic E-state index is 12.9. The van der Waals surface area contributed by atoms with Crippen LogP contribution in [-0.2, 0) is 6.54 Å². The van der Waals surface area contributed by atoms with Gasteiger partial charge in [0.15, 0.2) is 5.11 Å². The number of thiocarbonyl (C=S) groups is 1. The van der Waals surface area contributed by atoms with Crippen molar-refractivity contribution in [2.45, 2.75) is 6.54 Å². The molecule has 3 aromatic rings. The maximum Gasteiger partial charge on any atom is 0.175 e. The van der Waals surface area contributed by atoms with Crippen molar-refractivity contribution >= 4 is 28.7 Å². The molecule has 0 aliphatic heterocycles. The van der Waals surface area contributed by atoms with E-state index in [0.717, 1.165) is 22.7 Å². The molecule has 1 aromatic heterocycles. The van der Waals surface area contributed by atoms with E-state index in [9.17, 15) is 4.39 Å². The molecular formula is C18H17FN4OS. The van der Waals surface area contributed by atoms with Crippen molar-refractivity contribution in [3.05, 3.63) is 72.3 Å². The fourth-order valence-corrected chi connectivity index (χ4v) is 2.52. The van der Waals surface area contributed by atoms with Crippen molar-refractivity contribution in [1.29, 1.82) is 0 Å². The average molecular weight is 356 g/mol. The molecule has 0 unspecified atom stereocenters. The highest BCUT2D eigenvalue weighted by Gasteiger charge is 2.04. The number of rotatable bonds is 5. The first kappa shape index (κ1) is 16.9. The number of anilines is 2. The lowest BCUT2D eigenvalue weighted by Crippen LogP contribution is -2.18. The third kappa shape index (κ3) is 4.77. The minimum atomic E-state index is -0.250. The van der Waals surface area contributed by atoms with Gasteiger partial charge in [0.2, 0.25) is 0 Å². The molecule has 128 valence electrons. The number of methoxy groups -OCH3 is 1. The molecule has 3 rings (SSSR count). The fraction of sp³-hybridized carbons (Fsp3) is 0.111. The van der Waals surface area contributed by atoms with Gasteiger partial charge in [-0.1, -0.05) is 18.2 Å². The second kappa shape index (κ2) is 7.76. The average Bonchev–Trinajstić information content (AvgIpc) is 3.04. The number of nitrogens with one attached hydrogen (secondary N) is 2. The van der Waals surface area contributed by atoms with Gasteiger partial charge in [0.05, 0.1) is 25.5 Å². The molecule has 0 aliphatic carbocycles. The summed E-state index contributed by atoms with van der Waals surface area (Å²) in [7, 11) is 1.62. The first-order valence-corrected chi connectivity index (χ1v) is 8.02. The van der Waals surface area contributed by atoms with Crippen molar-refractivity contribution < 1.29 is 9.13 Å². The first-order chi connectivity index (χ1) is 12.1. The van der Waals surface area contributed by atoms with Crippen LogP contribution in [0.4, 0.5) is 15.8 Å². The Morgan fingerprint density at radius 1 is 1.16 bits per heavy atom. The zero-order valence-corrected chi connectivity index (χ0v) is 14.4. The molecule has 0 spiro atoms. The zero-order chi connectivity index (χ0) is 17.6. The van der Waals surface area contributed by atoms with E-state index in [0.29, 0.717) is 11.7 Å². The quantitative estimate of drug-likeness (QED) is 0.680. The normalized spacial score (nSPS) is 10.3. The molecular weight excluding hydrogens is 339 g/mol. The van der Waals surface area contributed by atoms with E-state index >= 15 is 0 Å². The number of halogens is 1. The standard InChI is InChI=1S/C18H17FN4OS/c1-24-17-4-2-3-15(9-17)21-18(25)22-16-10-20-23(12-16)11-13-5-7-14(19)8-6-13/h2-10,12H,11H2,1H3,(H2,21,22,25). The molecule has 0 amide bonds. The van der Waals surface area contributed by atoms with E-state index in [2.05, 4.69) is 15.7 Å². The molecule has 0 saturated carbocycles. The smallest absolute Gasteiger partial charge is 0.175 e. The van der Waals surface area contributed by atoms with E-state index < -0.39 is 0 Å². The van der Waals surface area contributed by atoms with Gasteiger partial charge in [-0.25, -0.2) is 4.39 Å². The van der Waals surface area contributed by atoms with Gasteiger partial charge >= 0.3 is 0 Å². The molecule has 5 nitrogen and oxygen atoms in total. The lowest BCUT2D eigenvalue weighted by atomic mass is 10.2. The van der Waals surface area contributed by atoms with Crippen LogP contribution in [0.25, 0.3) is 0 Å². The Bertz CT molecular complexity index is 864. The molecule has 0 radical (unpaired) electrons. The molecule has 0 aliphatic rings. The predicted octanol–water partition coefficient (Wildman–Crippen LogP) is 3.89. The van der Waals surface area contributed by atoms with Gasteiger partial charge in [-0.05, 0) is 42.0 Å². The summed E-state index contributed by atoms with van der Waals surface area (Å²) in [5, 5.41) is 10.9. The number of nitrogens with zero attached hydrogens (tertiary/aromatic N) is 2. The number of ether oxygens (including phenoxy) is 1. The van der Waals surface area contributed by atoms with E-state index in [1.54, 1.807) is 30.1 Å². The highest BCUT2D eigenvalue weighted by molar-refractivity contribution is 7.80. The topological polar surface area (TPSA) is 51.1 Å². The molecule has 0 bridgehead atoms. The highest BCUT2D eigenvalue weighted by Crippen LogP contribution is 2.17. The van der Waals surface area contributed by atoms with Crippen LogP contribution in [-0.4, -0.2) is 22.0 Å². The van der Waals surface area contributed by atoms with Crippen LogP contribution in [0.1, 0.15) is 5.56 Å². The van der Waals surface area contributed by atoms with Gasteiger partial charge in [-0.3, -0.25) is 4.68 Å². The van der Waals surface area contributed by atoms with Crippen LogP contribution >= 0.6 is 12.2 Å². The van der Waals surface area contributed by atoms with Crippen LogP contribution in [0.5, 0.6) is 5.75 Å². The van der Waals surface area contributed by atoms with E-state index in [1.165, 1.54) is 12.1 Å². The van der Waals surface area contributed by atoms with Crippen LogP contribution in [0.2, 0.25) is 0 Å². The Labute approximate surface area is 150 Å². The van der Waals surface area contributed by atoms with Crippen molar-refractivity contribution in [3.8, 4) is 5.75 Å². The summed E-state index contributed by atoms with van der Waals surface area (Å²) < 4.78 is 19.9. The van der Waals surface area contributed by atoms with Crippen molar-refractivity contribution in [2.24, 2.45) is 0 Å². The van der Waals surface area contributed by atoms with Crippen molar-refractivity contribution in [2.75, 3.05) is 17.7 Å². The summed E-state index contributed by atoms with van der Waals surface area (Å²) in [6, 6.07) is 13.8. The summed E-state index contributed by atoms with van der Waals surface area (Å²) >= 11 is 5.31. The molecule has 25 heavy (non-hydrogen) atoms. The number of benzene rings is 2.